The monoisotopic (exact) mass is 313 g/mol. The highest BCUT2D eigenvalue weighted by Crippen LogP contribution is 2.11. The number of hydrogen-bond acceptors (Lipinski definition) is 6. The number of nitrogens with one attached hydrogen (secondary N) is 2. The number of amides is 2. The predicted molar refractivity (Wildman–Crippen MR) is 82.6 cm³/mol. The maximum absolute atomic E-state index is 11.6. The summed E-state index contributed by atoms with van der Waals surface area (Å²) in [5.41, 5.74) is 1.58. The van der Waals surface area contributed by atoms with Crippen LogP contribution in [0.5, 0.6) is 0 Å². The first kappa shape index (κ1) is 16.1. The van der Waals surface area contributed by atoms with Gasteiger partial charge in [-0.1, -0.05) is 11.3 Å². The van der Waals surface area contributed by atoms with Crippen LogP contribution in [0.15, 0.2) is 5.51 Å². The largest absolute Gasteiger partial charge is 0.373 e. The van der Waals surface area contributed by atoms with Crippen molar-refractivity contribution in [1.29, 1.82) is 0 Å². The summed E-state index contributed by atoms with van der Waals surface area (Å²) >= 11 is 1.30. The van der Waals surface area contributed by atoms with Crippen LogP contribution in [0.25, 0.3) is 0 Å². The molecule has 0 bridgehead atoms. The van der Waals surface area contributed by atoms with Crippen LogP contribution in [0.4, 0.5) is 9.93 Å². The van der Waals surface area contributed by atoms with Gasteiger partial charge in [0.1, 0.15) is 5.51 Å². The van der Waals surface area contributed by atoms with Crippen molar-refractivity contribution < 1.29 is 9.53 Å². The Morgan fingerprint density at radius 1 is 1.43 bits per heavy atom. The average Bonchev–Trinajstić information content (AvgIpc) is 2.90. The Hall–Kier alpha value is -1.25. The van der Waals surface area contributed by atoms with Crippen LogP contribution in [0.3, 0.4) is 0 Å². The Balaban J connectivity index is 1.52. The molecule has 2 rings (SSSR count). The number of urea groups is 1. The Kier molecular flexibility index (Phi) is 6.34. The summed E-state index contributed by atoms with van der Waals surface area (Å²) in [6, 6.07) is -0.222. The third-order valence-corrected chi connectivity index (χ3v) is 3.87. The maximum Gasteiger partial charge on any atom is 0.321 e. The van der Waals surface area contributed by atoms with Crippen molar-refractivity contribution in [3.8, 4) is 0 Å². The first-order chi connectivity index (χ1) is 10.1. The van der Waals surface area contributed by atoms with Crippen molar-refractivity contribution >= 4 is 22.5 Å². The third kappa shape index (κ3) is 5.94. The molecular formula is C13H23N5O2S. The van der Waals surface area contributed by atoms with Gasteiger partial charge in [-0.25, -0.2) is 4.79 Å². The standard InChI is InChI=1S/C13H23N5O2S/c1-10-7-18(8-11(2)20-10)6-4-3-5-14-12(19)16-13-17-15-9-21-13/h9-11H,3-8H2,1-2H3,(H2,14,16,17,19). The van der Waals surface area contributed by atoms with E-state index in [2.05, 4.69) is 39.6 Å². The molecule has 0 aliphatic carbocycles. The second-order valence-corrected chi connectivity index (χ2v) is 6.18. The van der Waals surface area contributed by atoms with E-state index in [1.165, 1.54) is 11.3 Å². The summed E-state index contributed by atoms with van der Waals surface area (Å²) in [6.07, 6.45) is 2.65. The van der Waals surface area contributed by atoms with Crippen LogP contribution in [-0.4, -0.2) is 59.5 Å². The second kappa shape index (κ2) is 8.26. The number of hydrogen-bond donors (Lipinski definition) is 2. The second-order valence-electron chi connectivity index (χ2n) is 5.35. The molecule has 0 radical (unpaired) electrons. The van der Waals surface area contributed by atoms with Crippen molar-refractivity contribution in [3.63, 3.8) is 0 Å². The summed E-state index contributed by atoms with van der Waals surface area (Å²) in [6.45, 7) is 7.94. The molecule has 0 saturated carbocycles. The number of carbonyl (C=O) groups excluding carboxylic acids is 1. The first-order valence-electron chi connectivity index (χ1n) is 7.32. The summed E-state index contributed by atoms with van der Waals surface area (Å²) in [5.74, 6) is 0. The third-order valence-electron chi connectivity index (χ3n) is 3.26. The quantitative estimate of drug-likeness (QED) is 0.779. The molecule has 2 heterocycles. The fourth-order valence-electron chi connectivity index (χ4n) is 2.50. The topological polar surface area (TPSA) is 79.4 Å². The van der Waals surface area contributed by atoms with Gasteiger partial charge in [0, 0.05) is 19.6 Å². The van der Waals surface area contributed by atoms with E-state index in [0.717, 1.165) is 32.5 Å². The van der Waals surface area contributed by atoms with Crippen molar-refractivity contribution in [2.75, 3.05) is 31.5 Å². The lowest BCUT2D eigenvalue weighted by Gasteiger charge is -2.35. The smallest absolute Gasteiger partial charge is 0.321 e. The number of morpholine rings is 1. The van der Waals surface area contributed by atoms with E-state index in [4.69, 9.17) is 4.74 Å². The highest BCUT2D eigenvalue weighted by Gasteiger charge is 2.21. The molecule has 1 fully saturated rings. The molecule has 1 saturated heterocycles. The van der Waals surface area contributed by atoms with E-state index in [9.17, 15) is 4.79 Å². The lowest BCUT2D eigenvalue weighted by atomic mass is 10.2. The molecule has 1 aromatic rings. The van der Waals surface area contributed by atoms with Crippen molar-refractivity contribution in [2.45, 2.75) is 38.9 Å². The molecule has 8 heteroatoms. The Morgan fingerprint density at radius 2 is 2.19 bits per heavy atom. The highest BCUT2D eigenvalue weighted by atomic mass is 32.1. The van der Waals surface area contributed by atoms with Gasteiger partial charge in [-0.05, 0) is 33.2 Å². The van der Waals surface area contributed by atoms with Gasteiger partial charge >= 0.3 is 6.03 Å². The Labute approximate surface area is 129 Å². The number of carbonyl (C=O) groups is 1. The Morgan fingerprint density at radius 3 is 2.86 bits per heavy atom. The van der Waals surface area contributed by atoms with Crippen LogP contribution < -0.4 is 10.6 Å². The summed E-state index contributed by atoms with van der Waals surface area (Å²) in [4.78, 5) is 14.0. The minimum atomic E-state index is -0.222. The fourth-order valence-corrected chi connectivity index (χ4v) is 2.94. The van der Waals surface area contributed by atoms with E-state index in [1.54, 1.807) is 5.51 Å². The summed E-state index contributed by atoms with van der Waals surface area (Å²) < 4.78 is 5.71. The highest BCUT2D eigenvalue weighted by molar-refractivity contribution is 7.13. The van der Waals surface area contributed by atoms with E-state index in [1.807, 2.05) is 0 Å². The molecule has 2 unspecified atom stereocenters. The normalized spacial score (nSPS) is 23.0. The number of nitrogens with zero attached hydrogens (tertiary/aromatic N) is 3. The number of aromatic nitrogens is 2. The molecule has 21 heavy (non-hydrogen) atoms. The molecule has 0 aromatic carbocycles. The molecule has 2 N–H and O–H groups in total. The van der Waals surface area contributed by atoms with Gasteiger partial charge in [-0.3, -0.25) is 10.2 Å². The van der Waals surface area contributed by atoms with Crippen LogP contribution in [0.2, 0.25) is 0 Å². The minimum absolute atomic E-state index is 0.222. The van der Waals surface area contributed by atoms with Crippen LogP contribution in [0.1, 0.15) is 26.7 Å². The van der Waals surface area contributed by atoms with E-state index in [-0.39, 0.29) is 6.03 Å². The molecule has 2 amide bonds. The molecular weight excluding hydrogens is 290 g/mol. The minimum Gasteiger partial charge on any atom is -0.373 e. The van der Waals surface area contributed by atoms with Gasteiger partial charge in [-0.15, -0.1) is 10.2 Å². The van der Waals surface area contributed by atoms with E-state index >= 15 is 0 Å². The van der Waals surface area contributed by atoms with Gasteiger partial charge in [0.15, 0.2) is 0 Å². The van der Waals surface area contributed by atoms with E-state index in [0.29, 0.717) is 23.9 Å². The van der Waals surface area contributed by atoms with Gasteiger partial charge in [0.05, 0.1) is 12.2 Å². The number of rotatable bonds is 6. The molecule has 1 aromatic heterocycles. The SMILES string of the molecule is CC1CN(CCCCNC(=O)Nc2nncs2)CC(C)O1. The van der Waals surface area contributed by atoms with Crippen LogP contribution >= 0.6 is 11.3 Å². The maximum atomic E-state index is 11.6. The predicted octanol–water partition coefficient (Wildman–Crippen LogP) is 1.55. The first-order valence-corrected chi connectivity index (χ1v) is 8.20. The van der Waals surface area contributed by atoms with Gasteiger partial charge < -0.3 is 10.1 Å². The number of anilines is 1. The number of unbranched alkanes of at least 4 members (excludes halogenated alkanes) is 1. The van der Waals surface area contributed by atoms with E-state index < -0.39 is 0 Å². The molecule has 118 valence electrons. The van der Waals surface area contributed by atoms with Gasteiger partial charge in [0.2, 0.25) is 5.13 Å². The zero-order chi connectivity index (χ0) is 15.1. The zero-order valence-corrected chi connectivity index (χ0v) is 13.4. The lowest BCUT2D eigenvalue weighted by Crippen LogP contribution is -2.45. The zero-order valence-electron chi connectivity index (χ0n) is 12.5. The molecule has 1 aliphatic heterocycles. The molecule has 7 nitrogen and oxygen atoms in total. The number of ether oxygens (including phenoxy) is 1. The molecule has 0 spiro atoms. The summed E-state index contributed by atoms with van der Waals surface area (Å²) in [7, 11) is 0. The Bertz CT molecular complexity index is 418. The average molecular weight is 313 g/mol. The molecule has 2 atom stereocenters. The van der Waals surface area contributed by atoms with Crippen molar-refractivity contribution in [2.24, 2.45) is 0 Å². The van der Waals surface area contributed by atoms with Gasteiger partial charge in [-0.2, -0.15) is 0 Å². The van der Waals surface area contributed by atoms with Crippen LogP contribution in [0, 0.1) is 0 Å². The van der Waals surface area contributed by atoms with Crippen LogP contribution in [-0.2, 0) is 4.74 Å². The van der Waals surface area contributed by atoms with Crippen molar-refractivity contribution in [1.82, 2.24) is 20.4 Å². The fraction of sp³-hybridized carbons (Fsp3) is 0.769. The molecule has 1 aliphatic rings. The van der Waals surface area contributed by atoms with Gasteiger partial charge in [0.25, 0.3) is 0 Å². The lowest BCUT2D eigenvalue weighted by molar-refractivity contribution is -0.0681. The summed E-state index contributed by atoms with van der Waals surface area (Å²) in [5, 5.41) is 13.4. The van der Waals surface area contributed by atoms with Crippen molar-refractivity contribution in [3.05, 3.63) is 5.51 Å².